The Kier molecular flexibility index (Phi) is 20.3. The van der Waals surface area contributed by atoms with E-state index in [1.54, 1.807) is 9.24 Å². The van der Waals surface area contributed by atoms with Crippen molar-refractivity contribution in [1.29, 1.82) is 0 Å². The van der Waals surface area contributed by atoms with Gasteiger partial charge in [-0.15, -0.1) is 37.0 Å². The molecule has 0 heterocycles. The van der Waals surface area contributed by atoms with Crippen LogP contribution in [0.3, 0.4) is 0 Å². The summed E-state index contributed by atoms with van der Waals surface area (Å²) in [4.78, 5) is 0. The van der Waals surface area contributed by atoms with Crippen molar-refractivity contribution in [2.45, 2.75) is 62.3 Å². The molecule has 0 aromatic heterocycles. The van der Waals surface area contributed by atoms with E-state index in [9.17, 15) is 13.2 Å². The standard InChI is InChI=1S/C69H37F28P5/c1-10-12(3)37(70)27(38(71)13(10)4)34-61(94)54(87)26(62(95)68(34)101)23-46(79)32(28-40(73)16(7)19(49(82)55(28)88)20-41(74)17(8)43(76)64(97)60(20)93)66(99)36(48(23)81)35-47(80)22(25-52(85)50(83)24(51(84)53(25)86)21-42(75)18(9)44(77)69(102)63(21)96)45(78)33(67(35)100)30-58(91)56(89)29(57(90)59(30)92)31-39(72)14(5)11(2)15(6)65(31)98/h98-102H2,1-9H3. The Hall–Kier alpha value is -7.61. The van der Waals surface area contributed by atoms with Gasteiger partial charge < -0.3 is 0 Å². The number of benzene rings is 10. The van der Waals surface area contributed by atoms with Crippen LogP contribution >= 0.6 is 46.2 Å². The predicted octanol–water partition coefficient (Wildman–Crippen LogP) is 20.9. The highest BCUT2D eigenvalue weighted by Gasteiger charge is 2.44. The molecule has 0 N–H and O–H groups in total. The molecule has 5 atom stereocenters. The first kappa shape index (κ1) is 77.0. The predicted molar refractivity (Wildman–Crippen MR) is 344 cm³/mol. The van der Waals surface area contributed by atoms with Crippen LogP contribution in [0.25, 0.3) is 100 Å². The van der Waals surface area contributed by atoms with Gasteiger partial charge in [-0.3, -0.25) is 0 Å². The van der Waals surface area contributed by atoms with Crippen LogP contribution in [0.1, 0.15) is 50.1 Å². The van der Waals surface area contributed by atoms with Crippen molar-refractivity contribution in [2.75, 3.05) is 0 Å². The molecule has 0 saturated heterocycles. The first-order valence-corrected chi connectivity index (χ1v) is 31.4. The smallest absolute Gasteiger partial charge is 0.195 e. The largest absolute Gasteiger partial charge is 0.206 e. The van der Waals surface area contributed by atoms with Crippen LogP contribution in [0.2, 0.25) is 0 Å². The summed E-state index contributed by atoms with van der Waals surface area (Å²) in [6.07, 6.45) is 0. The van der Waals surface area contributed by atoms with Gasteiger partial charge in [0.1, 0.15) is 75.6 Å². The van der Waals surface area contributed by atoms with E-state index >= 15 is 110 Å². The fourth-order valence-electron chi connectivity index (χ4n) is 12.1. The van der Waals surface area contributed by atoms with E-state index in [2.05, 4.69) is 0 Å². The maximum atomic E-state index is 18.8. The van der Waals surface area contributed by atoms with E-state index < -0.39 is 323 Å². The second kappa shape index (κ2) is 26.8. The van der Waals surface area contributed by atoms with E-state index in [0.29, 0.717) is 13.8 Å². The van der Waals surface area contributed by atoms with Crippen molar-refractivity contribution in [3.8, 4) is 100 Å². The normalized spacial score (nSPS) is 11.8. The quantitative estimate of drug-likeness (QED) is 0.0585. The van der Waals surface area contributed by atoms with Gasteiger partial charge >= 0.3 is 0 Å². The summed E-state index contributed by atoms with van der Waals surface area (Å²) < 4.78 is 471. The topological polar surface area (TPSA) is 0 Å². The third kappa shape index (κ3) is 10.7. The van der Waals surface area contributed by atoms with Gasteiger partial charge in [-0.05, 0) is 117 Å². The Labute approximate surface area is 569 Å². The summed E-state index contributed by atoms with van der Waals surface area (Å²) in [5.74, 6) is -75.7. The minimum Gasteiger partial charge on any atom is -0.206 e. The molecule has 0 radical (unpaired) electrons. The van der Waals surface area contributed by atoms with Crippen molar-refractivity contribution in [2.24, 2.45) is 0 Å². The van der Waals surface area contributed by atoms with Crippen LogP contribution in [0.5, 0.6) is 0 Å². The van der Waals surface area contributed by atoms with Crippen LogP contribution in [-0.2, 0) is 0 Å². The van der Waals surface area contributed by atoms with Crippen LogP contribution in [0.4, 0.5) is 123 Å². The molecule has 0 amide bonds. The molecule has 10 rings (SSSR count). The molecule has 534 valence electrons. The summed E-state index contributed by atoms with van der Waals surface area (Å²) in [5, 5.41) is -7.74. The monoisotopic (exact) mass is 1550 g/mol. The zero-order valence-corrected chi connectivity index (χ0v) is 58.2. The molecule has 5 unspecified atom stereocenters. The first-order valence-electron chi connectivity index (χ1n) is 28.5. The maximum Gasteiger partial charge on any atom is 0.195 e. The average Bonchev–Trinajstić information content (AvgIpc) is 0.707. The van der Waals surface area contributed by atoms with Gasteiger partial charge in [0.05, 0.1) is 61.2 Å². The SMILES string of the molecule is Cc1c(C)c(F)c(-c2c(F)c(F)c(-c3c(F)c(-c4c(F)c(C)c(-c5c(F)c(C)c(F)c(F)c5F)c(F)c4F)c(P)c(-c4c(F)c(-c5c(F)c(F)c(-c6c(F)c(C)c(F)c(P)c6F)c(F)c5F)c(F)c(-c5c(F)c(F)c(-c6c(F)c(C)c(C)c(C)c6P)c(F)c5F)c4P)c3F)c(F)c2P)c(F)c1C. The molecule has 0 aliphatic carbocycles. The maximum absolute atomic E-state index is 18.8. The van der Waals surface area contributed by atoms with Crippen molar-refractivity contribution in [1.82, 2.24) is 0 Å². The molecule has 33 heteroatoms. The Morgan fingerprint density at radius 1 is 0.108 bits per heavy atom. The molecule has 10 aromatic carbocycles. The molecule has 0 aliphatic rings. The van der Waals surface area contributed by atoms with E-state index in [4.69, 9.17) is 0 Å². The van der Waals surface area contributed by atoms with Gasteiger partial charge in [-0.25, -0.2) is 123 Å². The third-order valence-electron chi connectivity index (χ3n) is 18.1. The molecule has 0 spiro atoms. The molecule has 0 aliphatic heterocycles. The average molecular weight is 1550 g/mol. The van der Waals surface area contributed by atoms with Crippen LogP contribution in [-0.4, -0.2) is 0 Å². The van der Waals surface area contributed by atoms with Crippen LogP contribution in [0.15, 0.2) is 0 Å². The minimum absolute atomic E-state index is 0.0399. The van der Waals surface area contributed by atoms with Crippen molar-refractivity contribution >= 4 is 72.7 Å². The van der Waals surface area contributed by atoms with Gasteiger partial charge in [0, 0.05) is 60.7 Å². The van der Waals surface area contributed by atoms with E-state index in [-0.39, 0.29) is 23.6 Å². The number of hydrogen-bond donors (Lipinski definition) is 0. The van der Waals surface area contributed by atoms with E-state index in [1.165, 1.54) is 32.3 Å². The lowest BCUT2D eigenvalue weighted by Crippen LogP contribution is -2.22. The molecular weight excluding hydrogens is 1520 g/mol. The van der Waals surface area contributed by atoms with Crippen molar-refractivity contribution in [3.05, 3.63) is 213 Å². The second-order valence-electron chi connectivity index (χ2n) is 23.2. The Bertz CT molecular complexity index is 4650. The number of rotatable bonds is 9. The minimum atomic E-state index is -3.31. The lowest BCUT2D eigenvalue weighted by molar-refractivity contribution is 0.430. The third-order valence-corrected chi connectivity index (χ3v) is 21.1. The summed E-state index contributed by atoms with van der Waals surface area (Å²) in [6, 6.07) is 0. The highest BCUT2D eigenvalue weighted by Crippen LogP contribution is 2.52. The Morgan fingerprint density at radius 3 is 0.667 bits per heavy atom. The number of halogens is 28. The molecule has 0 nitrogen and oxygen atoms in total. The summed E-state index contributed by atoms with van der Waals surface area (Å²) in [5.41, 5.74) is -48.4. The van der Waals surface area contributed by atoms with Gasteiger partial charge in [0.2, 0.25) is 0 Å². The van der Waals surface area contributed by atoms with Gasteiger partial charge in [-0.2, -0.15) is 0 Å². The summed E-state index contributed by atoms with van der Waals surface area (Å²) >= 11 is 0. The lowest BCUT2D eigenvalue weighted by atomic mass is 9.84. The van der Waals surface area contributed by atoms with Crippen molar-refractivity contribution < 1.29 is 123 Å². The fourth-order valence-corrected chi connectivity index (χ4v) is 14.4. The molecule has 0 fully saturated rings. The zero-order valence-electron chi connectivity index (χ0n) is 52.5. The van der Waals surface area contributed by atoms with Crippen LogP contribution < -0.4 is 26.5 Å². The first-order chi connectivity index (χ1) is 47.2. The summed E-state index contributed by atoms with van der Waals surface area (Å²) in [7, 11) is 6.53. The van der Waals surface area contributed by atoms with Gasteiger partial charge in [0.15, 0.2) is 87.3 Å². The Morgan fingerprint density at radius 2 is 0.294 bits per heavy atom. The molecule has 0 bridgehead atoms. The molecule has 10 aromatic rings. The highest BCUT2D eigenvalue weighted by atomic mass is 31.0. The second-order valence-corrected chi connectivity index (χ2v) is 26.1. The van der Waals surface area contributed by atoms with Gasteiger partial charge in [0.25, 0.3) is 0 Å². The molecular formula is C69H37F28P5. The van der Waals surface area contributed by atoms with E-state index in [1.807, 2.05) is 0 Å². The summed E-state index contributed by atoms with van der Waals surface area (Å²) in [6.45, 7) is 7.60. The molecule has 0 saturated carbocycles. The van der Waals surface area contributed by atoms with Crippen molar-refractivity contribution in [3.63, 3.8) is 0 Å². The highest BCUT2D eigenvalue weighted by molar-refractivity contribution is 7.30. The van der Waals surface area contributed by atoms with Gasteiger partial charge in [-0.1, -0.05) is 9.24 Å². The number of hydrogen-bond acceptors (Lipinski definition) is 0. The zero-order chi connectivity index (χ0) is 76.6. The lowest BCUT2D eigenvalue weighted by Gasteiger charge is -2.26. The fraction of sp³-hybridized carbons (Fsp3) is 0.130. The van der Waals surface area contributed by atoms with E-state index in [0.717, 1.165) is 46.2 Å². The Balaban J connectivity index is 1.47. The van der Waals surface area contributed by atoms with Crippen LogP contribution in [0, 0.1) is 225 Å². The molecule has 102 heavy (non-hydrogen) atoms.